The first kappa shape index (κ1) is 9.58. The quantitative estimate of drug-likeness (QED) is 0.666. The van der Waals surface area contributed by atoms with Crippen molar-refractivity contribution in [3.05, 3.63) is 36.4 Å². The van der Waals surface area contributed by atoms with Gasteiger partial charge in [-0.2, -0.15) is 0 Å². The summed E-state index contributed by atoms with van der Waals surface area (Å²) in [6, 6.07) is 6.93. The first-order valence-corrected chi connectivity index (χ1v) is 3.91. The van der Waals surface area contributed by atoms with Crippen LogP contribution in [0.2, 0.25) is 0 Å². The Morgan fingerprint density at radius 2 is 2.08 bits per heavy atom. The van der Waals surface area contributed by atoms with Crippen molar-refractivity contribution >= 4 is 5.97 Å². The van der Waals surface area contributed by atoms with Crippen molar-refractivity contribution in [3.8, 4) is 5.75 Å². The lowest BCUT2D eigenvalue weighted by Gasteiger charge is -2.05. The summed E-state index contributed by atoms with van der Waals surface area (Å²) in [6.45, 7) is 2.99. The van der Waals surface area contributed by atoms with Crippen LogP contribution in [0.4, 0.5) is 0 Å². The Hall–Kier alpha value is -1.51. The molecule has 1 rings (SSSR count). The molecule has 0 bridgehead atoms. The number of hydrogen-bond donors (Lipinski definition) is 0. The predicted octanol–water partition coefficient (Wildman–Crippen LogP) is 2.03. The molecular weight excluding hydrogens is 168 g/mol. The number of carbonyl (C=O) groups excluding carboxylic acids is 1. The molecule has 0 aliphatic carbocycles. The van der Waals surface area contributed by atoms with Crippen molar-refractivity contribution < 1.29 is 14.3 Å². The SMILES string of the molecule is C[CH]OC(=O)c1ccccc1OC. The number of para-hydroxylation sites is 1. The maximum absolute atomic E-state index is 11.3. The molecule has 13 heavy (non-hydrogen) atoms. The number of rotatable bonds is 3. The fraction of sp³-hybridized carbons (Fsp3) is 0.200. The maximum Gasteiger partial charge on any atom is 0.342 e. The van der Waals surface area contributed by atoms with E-state index in [0.29, 0.717) is 11.3 Å². The third kappa shape index (κ3) is 2.21. The Labute approximate surface area is 77.3 Å². The van der Waals surface area contributed by atoms with Crippen LogP contribution in [0.1, 0.15) is 17.3 Å². The van der Waals surface area contributed by atoms with Crippen molar-refractivity contribution in [3.63, 3.8) is 0 Å². The smallest absolute Gasteiger partial charge is 0.342 e. The second-order valence-corrected chi connectivity index (χ2v) is 2.34. The van der Waals surface area contributed by atoms with Gasteiger partial charge in [-0.1, -0.05) is 12.1 Å². The Bertz CT molecular complexity index is 294. The third-order valence-corrected chi connectivity index (χ3v) is 1.55. The molecule has 0 aliphatic rings. The number of methoxy groups -OCH3 is 1. The van der Waals surface area contributed by atoms with E-state index in [0.717, 1.165) is 0 Å². The van der Waals surface area contributed by atoms with Gasteiger partial charge in [0.05, 0.1) is 7.11 Å². The Kier molecular flexibility index (Phi) is 3.31. The molecule has 0 spiro atoms. The monoisotopic (exact) mass is 179 g/mol. The highest BCUT2D eigenvalue weighted by Crippen LogP contribution is 2.18. The predicted molar refractivity (Wildman–Crippen MR) is 48.4 cm³/mol. The number of benzene rings is 1. The van der Waals surface area contributed by atoms with Gasteiger partial charge < -0.3 is 9.47 Å². The summed E-state index contributed by atoms with van der Waals surface area (Å²) < 4.78 is 9.72. The van der Waals surface area contributed by atoms with Crippen LogP contribution in [-0.2, 0) is 4.74 Å². The molecule has 0 aliphatic heterocycles. The van der Waals surface area contributed by atoms with E-state index in [1.807, 2.05) is 0 Å². The van der Waals surface area contributed by atoms with Crippen molar-refractivity contribution in [2.24, 2.45) is 0 Å². The van der Waals surface area contributed by atoms with Gasteiger partial charge in [0.15, 0.2) is 0 Å². The van der Waals surface area contributed by atoms with Gasteiger partial charge in [-0.15, -0.1) is 0 Å². The summed E-state index contributed by atoms with van der Waals surface area (Å²) in [4.78, 5) is 11.3. The van der Waals surface area contributed by atoms with Crippen LogP contribution in [0.5, 0.6) is 5.75 Å². The summed E-state index contributed by atoms with van der Waals surface area (Å²) in [5, 5.41) is 0. The van der Waals surface area contributed by atoms with Crippen molar-refractivity contribution in [1.82, 2.24) is 0 Å². The average Bonchev–Trinajstić information content (AvgIpc) is 2.18. The molecule has 0 N–H and O–H groups in total. The third-order valence-electron chi connectivity index (χ3n) is 1.55. The van der Waals surface area contributed by atoms with Crippen LogP contribution in [-0.4, -0.2) is 13.1 Å². The van der Waals surface area contributed by atoms with Gasteiger partial charge in [0, 0.05) is 0 Å². The van der Waals surface area contributed by atoms with Crippen LogP contribution in [0.25, 0.3) is 0 Å². The molecule has 0 heterocycles. The van der Waals surface area contributed by atoms with Crippen molar-refractivity contribution in [2.75, 3.05) is 7.11 Å². The second kappa shape index (κ2) is 4.50. The summed E-state index contributed by atoms with van der Waals surface area (Å²) in [7, 11) is 1.52. The summed E-state index contributed by atoms with van der Waals surface area (Å²) in [5.41, 5.74) is 0.433. The normalized spacial score (nSPS) is 9.38. The molecule has 0 fully saturated rings. The number of ether oxygens (including phenoxy) is 2. The highest BCUT2D eigenvalue weighted by atomic mass is 16.5. The fourth-order valence-corrected chi connectivity index (χ4v) is 0.984. The Morgan fingerprint density at radius 1 is 1.38 bits per heavy atom. The molecule has 0 unspecified atom stereocenters. The molecule has 0 amide bonds. The van der Waals surface area contributed by atoms with E-state index in [2.05, 4.69) is 0 Å². The van der Waals surface area contributed by atoms with Gasteiger partial charge in [-0.3, -0.25) is 0 Å². The minimum absolute atomic E-state index is 0.403. The summed E-state index contributed by atoms with van der Waals surface area (Å²) in [5.74, 6) is 0.120. The van der Waals surface area contributed by atoms with Gasteiger partial charge in [-0.05, 0) is 19.1 Å². The van der Waals surface area contributed by atoms with Gasteiger partial charge in [-0.25, -0.2) is 4.79 Å². The first-order chi connectivity index (χ1) is 6.29. The maximum atomic E-state index is 11.3. The zero-order valence-corrected chi connectivity index (χ0v) is 7.61. The van der Waals surface area contributed by atoms with Crippen LogP contribution in [0, 0.1) is 6.61 Å². The van der Waals surface area contributed by atoms with E-state index in [1.165, 1.54) is 13.7 Å². The molecule has 0 aromatic heterocycles. The molecular formula is C10H11O3. The highest BCUT2D eigenvalue weighted by molar-refractivity contribution is 5.92. The zero-order chi connectivity index (χ0) is 9.68. The minimum atomic E-state index is -0.403. The molecule has 0 saturated heterocycles. The minimum Gasteiger partial charge on any atom is -0.496 e. The molecule has 1 radical (unpaired) electrons. The molecule has 1 aromatic rings. The molecule has 0 atom stereocenters. The summed E-state index contributed by atoms with van der Waals surface area (Å²) in [6.07, 6.45) is 0. The van der Waals surface area contributed by atoms with E-state index in [1.54, 1.807) is 31.2 Å². The number of esters is 1. The fourth-order valence-electron chi connectivity index (χ4n) is 0.984. The first-order valence-electron chi connectivity index (χ1n) is 3.91. The molecule has 3 heteroatoms. The van der Waals surface area contributed by atoms with Crippen LogP contribution in [0.3, 0.4) is 0 Å². The summed E-state index contributed by atoms with van der Waals surface area (Å²) >= 11 is 0. The largest absolute Gasteiger partial charge is 0.496 e. The standard InChI is InChI=1S/C10H11O3/c1-3-13-10(11)8-6-4-5-7-9(8)12-2/h3-7H,1-2H3. The molecule has 69 valence electrons. The topological polar surface area (TPSA) is 35.5 Å². The lowest BCUT2D eigenvalue weighted by atomic mass is 10.2. The lowest BCUT2D eigenvalue weighted by Crippen LogP contribution is -2.04. The van der Waals surface area contributed by atoms with E-state index in [-0.39, 0.29) is 0 Å². The van der Waals surface area contributed by atoms with Gasteiger partial charge >= 0.3 is 5.97 Å². The van der Waals surface area contributed by atoms with Gasteiger partial charge in [0.2, 0.25) is 0 Å². The van der Waals surface area contributed by atoms with E-state index in [9.17, 15) is 4.79 Å². The zero-order valence-electron chi connectivity index (χ0n) is 7.61. The van der Waals surface area contributed by atoms with Crippen LogP contribution in [0.15, 0.2) is 24.3 Å². The van der Waals surface area contributed by atoms with Crippen molar-refractivity contribution in [2.45, 2.75) is 6.92 Å². The Morgan fingerprint density at radius 3 is 2.69 bits per heavy atom. The van der Waals surface area contributed by atoms with Crippen LogP contribution >= 0.6 is 0 Å². The second-order valence-electron chi connectivity index (χ2n) is 2.34. The van der Waals surface area contributed by atoms with E-state index < -0.39 is 5.97 Å². The van der Waals surface area contributed by atoms with E-state index >= 15 is 0 Å². The average molecular weight is 179 g/mol. The Balaban J connectivity index is 2.92. The molecule has 1 aromatic carbocycles. The van der Waals surface area contributed by atoms with Gasteiger partial charge in [0.1, 0.15) is 17.9 Å². The number of carbonyl (C=O) groups is 1. The highest BCUT2D eigenvalue weighted by Gasteiger charge is 2.11. The lowest BCUT2D eigenvalue weighted by molar-refractivity contribution is 0.0609. The molecule has 0 saturated carbocycles. The van der Waals surface area contributed by atoms with Crippen LogP contribution < -0.4 is 4.74 Å². The van der Waals surface area contributed by atoms with Crippen molar-refractivity contribution in [1.29, 1.82) is 0 Å². The molecule has 3 nitrogen and oxygen atoms in total. The van der Waals surface area contributed by atoms with Gasteiger partial charge in [0.25, 0.3) is 0 Å². The van der Waals surface area contributed by atoms with E-state index in [4.69, 9.17) is 9.47 Å². The number of hydrogen-bond acceptors (Lipinski definition) is 3.